The third-order valence-electron chi connectivity index (χ3n) is 7.56. The van der Waals surface area contributed by atoms with E-state index in [2.05, 4.69) is 0 Å². The van der Waals surface area contributed by atoms with Crippen molar-refractivity contribution in [1.82, 2.24) is 0 Å². The summed E-state index contributed by atoms with van der Waals surface area (Å²) in [4.78, 5) is 0. The molecule has 0 fully saturated rings. The SMILES string of the molecule is [2H]c1c([2H])c([2H])c2c(-c3c4c([2H])c([2H])c([2H])c([2H])c4c(-c4ccc5oc6cc7ccccc7cc6c5c4)c4c([2H])c([2H])c([2H])c([2H])c34)c([2H])c([2H])c([2H])c2c1[2H]. The van der Waals surface area contributed by atoms with E-state index in [1.54, 1.807) is 18.2 Å². The van der Waals surface area contributed by atoms with Gasteiger partial charge in [0, 0.05) is 10.8 Å². The number of furan rings is 1. The average molecular weight is 536 g/mol. The fraction of sp³-hybridized carbons (Fsp3) is 0. The number of benzene rings is 8. The van der Waals surface area contributed by atoms with Crippen molar-refractivity contribution in [3.8, 4) is 22.3 Å². The summed E-state index contributed by atoms with van der Waals surface area (Å²) in [7, 11) is 0. The molecular weight excluding hydrogens is 496 g/mol. The molecule has 0 N–H and O–H groups in total. The first-order chi connectivity index (χ1) is 26.6. The molecule has 1 heterocycles. The number of rotatable bonds is 2. The Bertz CT molecular complexity index is 3220. The summed E-state index contributed by atoms with van der Waals surface area (Å²) in [5.41, 5.74) is 0.612. The van der Waals surface area contributed by atoms with E-state index < -0.39 is 107 Å². The first-order valence-corrected chi connectivity index (χ1v) is 12.9. The molecule has 41 heavy (non-hydrogen) atoms. The van der Waals surface area contributed by atoms with Gasteiger partial charge in [-0.3, -0.25) is 0 Å². The van der Waals surface area contributed by atoms with Crippen molar-refractivity contribution >= 4 is 65.0 Å². The Kier molecular flexibility index (Phi) is 2.59. The van der Waals surface area contributed by atoms with Gasteiger partial charge in [0.15, 0.2) is 0 Å². The van der Waals surface area contributed by atoms with E-state index in [4.69, 9.17) is 18.1 Å². The van der Waals surface area contributed by atoms with E-state index >= 15 is 0 Å². The van der Waals surface area contributed by atoms with Crippen LogP contribution >= 0.6 is 0 Å². The molecule has 8 aromatic carbocycles. The molecule has 0 atom stereocenters. The first kappa shape index (κ1) is 12.4. The normalized spacial score (nSPS) is 17.0. The van der Waals surface area contributed by atoms with Crippen LogP contribution < -0.4 is 0 Å². The van der Waals surface area contributed by atoms with E-state index in [1.807, 2.05) is 36.4 Å². The quantitative estimate of drug-likeness (QED) is 0.201. The fourth-order valence-corrected chi connectivity index (χ4v) is 5.78. The molecule has 0 aliphatic carbocycles. The molecule has 9 rings (SSSR count). The molecule has 0 aliphatic rings. The van der Waals surface area contributed by atoms with Gasteiger partial charge in [0.2, 0.25) is 0 Å². The minimum Gasteiger partial charge on any atom is -0.456 e. The minimum absolute atomic E-state index is 0.0238. The van der Waals surface area contributed by atoms with Crippen LogP contribution in [0.2, 0.25) is 0 Å². The van der Waals surface area contributed by atoms with Crippen molar-refractivity contribution in [2.75, 3.05) is 0 Å². The lowest BCUT2D eigenvalue weighted by atomic mass is 9.84. The van der Waals surface area contributed by atoms with E-state index in [0.29, 0.717) is 22.1 Å². The second-order valence-corrected chi connectivity index (χ2v) is 9.76. The lowest BCUT2D eigenvalue weighted by molar-refractivity contribution is 0.669. The van der Waals surface area contributed by atoms with Crippen LogP contribution in [-0.4, -0.2) is 0 Å². The lowest BCUT2D eigenvalue weighted by Gasteiger charge is -2.18. The van der Waals surface area contributed by atoms with Gasteiger partial charge in [0.05, 0.1) is 20.6 Å². The summed E-state index contributed by atoms with van der Waals surface area (Å²) >= 11 is 0. The maximum atomic E-state index is 9.32. The monoisotopic (exact) mass is 535 g/mol. The van der Waals surface area contributed by atoms with Gasteiger partial charge in [0.1, 0.15) is 11.2 Å². The third-order valence-corrected chi connectivity index (χ3v) is 7.56. The predicted molar refractivity (Wildman–Crippen MR) is 175 cm³/mol. The lowest BCUT2D eigenvalue weighted by Crippen LogP contribution is -1.91. The van der Waals surface area contributed by atoms with E-state index in [0.717, 1.165) is 16.2 Å². The fourth-order valence-electron chi connectivity index (χ4n) is 5.78. The highest BCUT2D eigenvalue weighted by atomic mass is 16.3. The first-order valence-electron chi connectivity index (χ1n) is 20.4. The van der Waals surface area contributed by atoms with Gasteiger partial charge in [-0.2, -0.15) is 0 Å². The van der Waals surface area contributed by atoms with Gasteiger partial charge >= 0.3 is 0 Å². The van der Waals surface area contributed by atoms with Gasteiger partial charge in [-0.05, 0) is 89.6 Å². The summed E-state index contributed by atoms with van der Waals surface area (Å²) in [5, 5.41) is 1.42. The zero-order valence-electron chi connectivity index (χ0n) is 36.1. The van der Waals surface area contributed by atoms with Crippen LogP contribution in [0, 0.1) is 0 Å². The van der Waals surface area contributed by atoms with Crippen LogP contribution in [0.5, 0.6) is 0 Å². The Morgan fingerprint density at radius 2 is 1.00 bits per heavy atom. The second kappa shape index (κ2) is 8.55. The van der Waals surface area contributed by atoms with Crippen LogP contribution in [0.1, 0.15) is 20.6 Å². The molecule has 0 saturated carbocycles. The third kappa shape index (κ3) is 3.30. The zero-order valence-corrected chi connectivity index (χ0v) is 21.1. The van der Waals surface area contributed by atoms with E-state index in [1.165, 1.54) is 0 Å². The van der Waals surface area contributed by atoms with Gasteiger partial charge in [-0.1, -0.05) is 121 Å². The van der Waals surface area contributed by atoms with E-state index in [-0.39, 0.29) is 32.7 Å². The number of hydrogen-bond acceptors (Lipinski definition) is 1. The molecule has 0 saturated heterocycles. The molecule has 0 spiro atoms. The van der Waals surface area contributed by atoms with Crippen molar-refractivity contribution in [2.24, 2.45) is 0 Å². The van der Waals surface area contributed by atoms with Crippen molar-refractivity contribution in [1.29, 1.82) is 0 Å². The highest BCUT2D eigenvalue weighted by molar-refractivity contribution is 6.24. The van der Waals surface area contributed by atoms with Crippen molar-refractivity contribution in [2.45, 2.75) is 0 Å². The van der Waals surface area contributed by atoms with Gasteiger partial charge < -0.3 is 4.42 Å². The summed E-state index contributed by atoms with van der Waals surface area (Å²) in [6.45, 7) is 0. The standard InChI is InChI=1S/C40H24O/c1-2-12-27-24-38-36(22-26(27)11-1)35-23-28(20-21-37(35)41-38)39-31-15-5-7-17-33(31)40(34-18-8-6-16-32(34)39)30-19-9-13-25-10-3-4-14-29(25)30/h1-24H/i3D,4D,5D,6D,7D,8D,9D,10D,13D,14D,15D,16D,17D,18D,19D. The molecule has 0 amide bonds. The Labute approximate surface area is 258 Å². The maximum Gasteiger partial charge on any atom is 0.136 e. The van der Waals surface area contributed by atoms with Crippen LogP contribution in [0.3, 0.4) is 0 Å². The average Bonchev–Trinajstić information content (AvgIpc) is 3.55. The van der Waals surface area contributed by atoms with Crippen molar-refractivity contribution < 1.29 is 25.0 Å². The zero-order chi connectivity index (χ0) is 40.0. The molecule has 0 aliphatic heterocycles. The number of fused-ring (bicyclic) bond motifs is 7. The largest absolute Gasteiger partial charge is 0.456 e. The molecule has 1 nitrogen and oxygen atoms in total. The predicted octanol–water partition coefficient (Wildman–Crippen LogP) is 11.5. The minimum atomic E-state index is -0.755. The van der Waals surface area contributed by atoms with Crippen LogP contribution in [-0.2, 0) is 0 Å². The molecule has 1 aromatic heterocycles. The van der Waals surface area contributed by atoms with Crippen LogP contribution in [0.15, 0.2) is 150 Å². The topological polar surface area (TPSA) is 13.1 Å². The molecule has 0 bridgehead atoms. The molecule has 0 radical (unpaired) electrons. The molecule has 1 heteroatoms. The summed E-state index contributed by atoms with van der Waals surface area (Å²) in [5.74, 6) is 0. The summed E-state index contributed by atoms with van der Waals surface area (Å²) < 4.78 is 140. The maximum absolute atomic E-state index is 9.32. The Morgan fingerprint density at radius 1 is 0.415 bits per heavy atom. The highest BCUT2D eigenvalue weighted by Crippen LogP contribution is 2.46. The van der Waals surface area contributed by atoms with Gasteiger partial charge in [0.25, 0.3) is 0 Å². The van der Waals surface area contributed by atoms with E-state index in [9.17, 15) is 6.85 Å². The van der Waals surface area contributed by atoms with Crippen LogP contribution in [0.4, 0.5) is 0 Å². The van der Waals surface area contributed by atoms with Crippen molar-refractivity contribution in [3.05, 3.63) is 145 Å². The summed E-state index contributed by atoms with van der Waals surface area (Å²) in [6, 6.07) is 6.42. The van der Waals surface area contributed by atoms with Crippen molar-refractivity contribution in [3.63, 3.8) is 0 Å². The summed E-state index contributed by atoms with van der Waals surface area (Å²) in [6.07, 6.45) is 0. The Balaban J connectivity index is 1.58. The van der Waals surface area contributed by atoms with Crippen LogP contribution in [0.25, 0.3) is 87.3 Å². The number of hydrogen-bond donors (Lipinski definition) is 0. The Morgan fingerprint density at radius 3 is 1.73 bits per heavy atom. The molecule has 190 valence electrons. The van der Waals surface area contributed by atoms with Gasteiger partial charge in [-0.25, -0.2) is 0 Å². The van der Waals surface area contributed by atoms with Gasteiger partial charge in [-0.15, -0.1) is 0 Å². The second-order valence-electron chi connectivity index (χ2n) is 9.76. The molecule has 0 unspecified atom stereocenters. The Hall–Kier alpha value is -5.40. The smallest absolute Gasteiger partial charge is 0.136 e. The highest BCUT2D eigenvalue weighted by Gasteiger charge is 2.19. The molecule has 9 aromatic rings. The molecular formula is C40H24O.